The van der Waals surface area contributed by atoms with Crippen LogP contribution in [0.1, 0.15) is 22.3 Å². The van der Waals surface area contributed by atoms with Crippen LogP contribution in [0, 0.1) is 6.92 Å². The molecule has 6 heteroatoms. The van der Waals surface area contributed by atoms with Gasteiger partial charge < -0.3 is 9.84 Å². The number of aryl methyl sites for hydroxylation is 1. The van der Waals surface area contributed by atoms with Crippen molar-refractivity contribution in [3.63, 3.8) is 0 Å². The van der Waals surface area contributed by atoms with Crippen LogP contribution in [-0.2, 0) is 21.7 Å². The lowest BCUT2D eigenvalue weighted by Crippen LogP contribution is -2.29. The molecule has 2 heterocycles. The summed E-state index contributed by atoms with van der Waals surface area (Å²) in [6.45, 7) is 2.02. The largest absolute Gasteiger partial charge is 0.421 e. The van der Waals surface area contributed by atoms with Crippen LogP contribution >= 0.6 is 11.7 Å². The van der Waals surface area contributed by atoms with E-state index < -0.39 is 11.8 Å². The molecule has 148 valence electrons. The summed E-state index contributed by atoms with van der Waals surface area (Å²) in [5.41, 5.74) is 5.68. The third-order valence-electron chi connectivity index (χ3n) is 5.36. The zero-order chi connectivity index (χ0) is 20.7. The molecule has 30 heavy (non-hydrogen) atoms. The second-order valence-electron chi connectivity index (χ2n) is 7.38. The number of hydrogen-bond donors (Lipinski definition) is 1. The maximum atomic E-state index is 13.0. The number of benzene rings is 3. The minimum Gasteiger partial charge on any atom is -0.421 e. The van der Waals surface area contributed by atoms with Crippen molar-refractivity contribution in [2.75, 3.05) is 0 Å². The maximum Gasteiger partial charge on any atom is 0.342 e. The number of carbonyl (C=O) groups excluding carboxylic acids is 1. The van der Waals surface area contributed by atoms with Gasteiger partial charge in [-0.05, 0) is 30.2 Å². The molecule has 1 atom stereocenters. The molecule has 1 N–H and O–H groups in total. The number of aliphatic hydroxyl groups is 1. The molecule has 1 aromatic heterocycles. The Labute approximate surface area is 177 Å². The van der Waals surface area contributed by atoms with Crippen LogP contribution in [0.15, 0.2) is 78.4 Å². The Morgan fingerprint density at radius 1 is 0.967 bits per heavy atom. The average Bonchev–Trinajstić information content (AvgIpc) is 3.32. The van der Waals surface area contributed by atoms with E-state index in [9.17, 15) is 9.90 Å². The fourth-order valence-corrected chi connectivity index (χ4v) is 4.30. The summed E-state index contributed by atoms with van der Waals surface area (Å²) in [6.07, 6.45) is 0.375. The van der Waals surface area contributed by atoms with Crippen molar-refractivity contribution in [1.82, 2.24) is 8.75 Å². The first-order valence-electron chi connectivity index (χ1n) is 9.58. The van der Waals surface area contributed by atoms with E-state index in [1.54, 1.807) is 12.1 Å². The van der Waals surface area contributed by atoms with Crippen molar-refractivity contribution in [3.8, 4) is 0 Å². The number of nitrogens with zero attached hydrogens (tertiary/aromatic N) is 2. The highest BCUT2D eigenvalue weighted by atomic mass is 32.1. The molecule has 0 saturated heterocycles. The van der Waals surface area contributed by atoms with Crippen LogP contribution in [0.3, 0.4) is 0 Å². The summed E-state index contributed by atoms with van der Waals surface area (Å²) in [4.78, 5) is 13.0. The van der Waals surface area contributed by atoms with Crippen molar-refractivity contribution >= 4 is 34.3 Å². The third-order valence-corrected chi connectivity index (χ3v) is 5.92. The molecule has 1 unspecified atom stereocenters. The van der Waals surface area contributed by atoms with Crippen LogP contribution in [-0.4, -0.2) is 19.8 Å². The van der Waals surface area contributed by atoms with E-state index in [-0.39, 0.29) is 0 Å². The normalized spacial score (nSPS) is 18.8. The van der Waals surface area contributed by atoms with E-state index in [1.165, 1.54) is 0 Å². The molecule has 0 amide bonds. The van der Waals surface area contributed by atoms with Gasteiger partial charge in [0.05, 0.1) is 17.3 Å². The van der Waals surface area contributed by atoms with E-state index >= 15 is 0 Å². The second kappa shape index (κ2) is 7.16. The molecule has 1 aliphatic rings. The summed E-state index contributed by atoms with van der Waals surface area (Å²) in [5.74, 6) is -2.38. The van der Waals surface area contributed by atoms with Gasteiger partial charge in [-0.2, -0.15) is 8.75 Å². The molecule has 1 aliphatic heterocycles. The summed E-state index contributed by atoms with van der Waals surface area (Å²) in [7, 11) is 0. The highest BCUT2D eigenvalue weighted by Gasteiger charge is 2.48. The molecule has 4 aromatic rings. The standard InChI is InChI=1S/C24H18N2O3S/c1-15-7-9-16(10-8-15)13-19-22(17-11-12-20-21(14-17)26-30-25-20)23(27)29-24(19,28)18-5-3-2-4-6-18/h2-12,14,28H,13H2,1H3. The van der Waals surface area contributed by atoms with Gasteiger partial charge in [-0.15, -0.1) is 0 Å². The summed E-state index contributed by atoms with van der Waals surface area (Å²) >= 11 is 1.12. The number of hydrogen-bond acceptors (Lipinski definition) is 6. The maximum absolute atomic E-state index is 13.0. The molecule has 0 saturated carbocycles. The topological polar surface area (TPSA) is 72.3 Å². The molecule has 0 bridgehead atoms. The zero-order valence-electron chi connectivity index (χ0n) is 16.2. The van der Waals surface area contributed by atoms with Gasteiger partial charge in [0.25, 0.3) is 5.79 Å². The molecule has 3 aromatic carbocycles. The molecule has 5 rings (SSSR count). The Morgan fingerprint density at radius 2 is 1.70 bits per heavy atom. The summed E-state index contributed by atoms with van der Waals surface area (Å²) in [5, 5.41) is 11.6. The number of fused-ring (bicyclic) bond motifs is 1. The number of aromatic nitrogens is 2. The quantitative estimate of drug-likeness (QED) is 0.501. The monoisotopic (exact) mass is 414 g/mol. The van der Waals surface area contributed by atoms with Crippen LogP contribution < -0.4 is 0 Å². The Morgan fingerprint density at radius 3 is 2.47 bits per heavy atom. The molecular formula is C24H18N2O3S. The summed E-state index contributed by atoms with van der Waals surface area (Å²) < 4.78 is 14.1. The van der Waals surface area contributed by atoms with Gasteiger partial charge >= 0.3 is 5.97 Å². The minimum absolute atomic E-state index is 0.372. The summed E-state index contributed by atoms with van der Waals surface area (Å²) in [6, 6.07) is 22.5. The minimum atomic E-state index is -1.83. The Balaban J connectivity index is 1.71. The first-order valence-corrected chi connectivity index (χ1v) is 10.3. The van der Waals surface area contributed by atoms with Crippen molar-refractivity contribution < 1.29 is 14.6 Å². The fraction of sp³-hybridized carbons (Fsp3) is 0.125. The first-order chi connectivity index (χ1) is 14.5. The molecule has 0 spiro atoms. The van der Waals surface area contributed by atoms with Gasteiger partial charge in [0.2, 0.25) is 0 Å². The van der Waals surface area contributed by atoms with Gasteiger partial charge in [0.15, 0.2) is 0 Å². The lowest BCUT2D eigenvalue weighted by molar-refractivity contribution is -0.185. The number of ether oxygens (including phenoxy) is 1. The van der Waals surface area contributed by atoms with E-state index in [1.807, 2.05) is 67.6 Å². The number of carbonyl (C=O) groups is 1. The number of esters is 1. The average molecular weight is 414 g/mol. The molecule has 0 aliphatic carbocycles. The van der Waals surface area contributed by atoms with Gasteiger partial charge in [0, 0.05) is 17.6 Å². The molecule has 0 fully saturated rings. The third kappa shape index (κ3) is 3.10. The van der Waals surface area contributed by atoms with Crippen LogP contribution in [0.25, 0.3) is 16.6 Å². The predicted molar refractivity (Wildman–Crippen MR) is 116 cm³/mol. The molecular weight excluding hydrogens is 396 g/mol. The highest BCUT2D eigenvalue weighted by Crippen LogP contribution is 2.44. The van der Waals surface area contributed by atoms with Crippen molar-refractivity contribution in [1.29, 1.82) is 0 Å². The lowest BCUT2D eigenvalue weighted by Gasteiger charge is -2.25. The predicted octanol–water partition coefficient (Wildman–Crippen LogP) is 4.40. The Hall–Kier alpha value is -3.35. The smallest absolute Gasteiger partial charge is 0.342 e. The SMILES string of the molecule is Cc1ccc(CC2=C(c3ccc4nsnc4c3)C(=O)OC2(O)c2ccccc2)cc1. The highest BCUT2D eigenvalue weighted by molar-refractivity contribution is 7.00. The van der Waals surface area contributed by atoms with Crippen LogP contribution in [0.4, 0.5) is 0 Å². The van der Waals surface area contributed by atoms with Gasteiger partial charge in [-0.25, -0.2) is 4.79 Å². The molecule has 0 radical (unpaired) electrons. The van der Waals surface area contributed by atoms with E-state index in [0.717, 1.165) is 28.4 Å². The number of cyclic esters (lactones) is 1. The number of rotatable bonds is 4. The zero-order valence-corrected chi connectivity index (χ0v) is 17.0. The fourth-order valence-electron chi connectivity index (χ4n) is 3.78. The van der Waals surface area contributed by atoms with Crippen molar-refractivity contribution in [2.24, 2.45) is 0 Å². The van der Waals surface area contributed by atoms with Crippen molar-refractivity contribution in [3.05, 3.63) is 101 Å². The van der Waals surface area contributed by atoms with Gasteiger partial charge in [-0.1, -0.05) is 66.2 Å². The van der Waals surface area contributed by atoms with E-state index in [2.05, 4.69) is 8.75 Å². The molecule has 5 nitrogen and oxygen atoms in total. The van der Waals surface area contributed by atoms with Crippen LogP contribution in [0.5, 0.6) is 0 Å². The van der Waals surface area contributed by atoms with Gasteiger partial charge in [0.1, 0.15) is 11.0 Å². The van der Waals surface area contributed by atoms with E-state index in [0.29, 0.717) is 34.2 Å². The van der Waals surface area contributed by atoms with E-state index in [4.69, 9.17) is 4.74 Å². The Bertz CT molecular complexity index is 1280. The first kappa shape index (κ1) is 18.7. The lowest BCUT2D eigenvalue weighted by atomic mass is 9.88. The Kier molecular flexibility index (Phi) is 4.46. The van der Waals surface area contributed by atoms with Crippen molar-refractivity contribution in [2.45, 2.75) is 19.1 Å². The second-order valence-corrected chi connectivity index (χ2v) is 7.91. The van der Waals surface area contributed by atoms with Crippen LogP contribution in [0.2, 0.25) is 0 Å². The van der Waals surface area contributed by atoms with Gasteiger partial charge in [-0.3, -0.25) is 0 Å².